The molecule has 0 aliphatic heterocycles. The van der Waals surface area contributed by atoms with Gasteiger partial charge < -0.3 is 4.74 Å². The quantitative estimate of drug-likeness (QED) is 0.502. The van der Waals surface area contributed by atoms with Crippen molar-refractivity contribution in [1.82, 2.24) is 0 Å². The van der Waals surface area contributed by atoms with E-state index in [1.165, 1.54) is 19.2 Å². The molecule has 0 aliphatic carbocycles. The molecule has 0 amide bonds. The minimum Gasteiger partial charge on any atom is -0.493 e. The lowest BCUT2D eigenvalue weighted by molar-refractivity contribution is -0.138. The highest BCUT2D eigenvalue weighted by atomic mass is 35.5. The number of rotatable bonds is 5. The Balaban J connectivity index is 2.45. The number of para-hydroxylation sites is 1. The summed E-state index contributed by atoms with van der Waals surface area (Å²) in [6.07, 6.45) is -4.09. The van der Waals surface area contributed by atoms with Crippen molar-refractivity contribution in [1.29, 1.82) is 0 Å². The maximum Gasteiger partial charge on any atom is 0.416 e. The smallest absolute Gasteiger partial charge is 0.416 e. The third-order valence-corrected chi connectivity index (χ3v) is 4.85. The van der Waals surface area contributed by atoms with Gasteiger partial charge in [0.05, 0.1) is 12.7 Å². The first kappa shape index (κ1) is 20.6. The van der Waals surface area contributed by atoms with Crippen molar-refractivity contribution in [3.8, 4) is 5.75 Å². The number of alkyl halides is 3. The van der Waals surface area contributed by atoms with E-state index in [0.29, 0.717) is 17.5 Å². The Bertz CT molecular complexity index is 784. The molecule has 1 unspecified atom stereocenters. The third-order valence-electron chi connectivity index (χ3n) is 4.40. The Morgan fingerprint density at radius 1 is 1.08 bits per heavy atom. The van der Waals surface area contributed by atoms with Crippen molar-refractivity contribution in [3.63, 3.8) is 0 Å². The van der Waals surface area contributed by atoms with Crippen LogP contribution in [0.4, 0.5) is 17.6 Å². The zero-order chi connectivity index (χ0) is 19.6. The van der Waals surface area contributed by atoms with Gasteiger partial charge in [-0.3, -0.25) is 0 Å². The normalized spacial score (nSPS) is 13.2. The summed E-state index contributed by atoms with van der Waals surface area (Å²) in [6, 6.07) is 7.11. The highest BCUT2D eigenvalue weighted by Crippen LogP contribution is 2.41. The van der Waals surface area contributed by atoms with Crippen molar-refractivity contribution < 1.29 is 22.3 Å². The monoisotopic (exact) mass is 388 g/mol. The lowest BCUT2D eigenvalue weighted by atomic mass is 9.88. The topological polar surface area (TPSA) is 9.23 Å². The van der Waals surface area contributed by atoms with E-state index in [4.69, 9.17) is 16.3 Å². The summed E-state index contributed by atoms with van der Waals surface area (Å²) in [6.45, 7) is 5.22. The second-order valence-electron chi connectivity index (χ2n) is 6.62. The molecule has 26 heavy (non-hydrogen) atoms. The fourth-order valence-corrected chi connectivity index (χ4v) is 3.64. The van der Waals surface area contributed by atoms with Crippen molar-refractivity contribution in [2.75, 3.05) is 7.11 Å². The molecule has 1 nitrogen and oxygen atoms in total. The van der Waals surface area contributed by atoms with Gasteiger partial charge >= 0.3 is 6.18 Å². The van der Waals surface area contributed by atoms with Crippen LogP contribution in [0.15, 0.2) is 30.3 Å². The maximum atomic E-state index is 13.9. The molecule has 0 N–H and O–H groups in total. The summed E-state index contributed by atoms with van der Waals surface area (Å²) in [5.74, 6) is -0.890. The molecular formula is C20H21ClF4O. The summed E-state index contributed by atoms with van der Waals surface area (Å²) in [5, 5.41) is 0.122. The minimum atomic E-state index is -4.46. The Morgan fingerprint density at radius 3 is 2.27 bits per heavy atom. The average molecular weight is 389 g/mol. The molecule has 1 atom stereocenters. The maximum absolute atomic E-state index is 13.9. The van der Waals surface area contributed by atoms with Crippen LogP contribution < -0.4 is 4.74 Å². The predicted octanol–water partition coefficient (Wildman–Crippen LogP) is 6.98. The highest BCUT2D eigenvalue weighted by molar-refractivity contribution is 6.32. The van der Waals surface area contributed by atoms with Crippen LogP contribution in [-0.4, -0.2) is 7.11 Å². The van der Waals surface area contributed by atoms with E-state index < -0.39 is 17.6 Å². The van der Waals surface area contributed by atoms with Gasteiger partial charge in [0.1, 0.15) is 0 Å². The van der Waals surface area contributed by atoms with Gasteiger partial charge in [0.2, 0.25) is 0 Å². The van der Waals surface area contributed by atoms with E-state index in [1.54, 1.807) is 26.0 Å². The van der Waals surface area contributed by atoms with Crippen LogP contribution in [-0.2, 0) is 12.6 Å². The average Bonchev–Trinajstić information content (AvgIpc) is 2.54. The summed E-state index contributed by atoms with van der Waals surface area (Å²) < 4.78 is 58.9. The first-order chi connectivity index (χ1) is 12.1. The predicted molar refractivity (Wildman–Crippen MR) is 95.6 cm³/mol. The zero-order valence-corrected chi connectivity index (χ0v) is 15.8. The van der Waals surface area contributed by atoms with Crippen molar-refractivity contribution in [3.05, 3.63) is 63.4 Å². The van der Waals surface area contributed by atoms with Gasteiger partial charge in [-0.2, -0.15) is 13.2 Å². The van der Waals surface area contributed by atoms with E-state index in [9.17, 15) is 17.6 Å². The van der Waals surface area contributed by atoms with Crippen LogP contribution in [0.1, 0.15) is 54.9 Å². The van der Waals surface area contributed by atoms with Gasteiger partial charge in [-0.15, -0.1) is 0 Å². The van der Waals surface area contributed by atoms with Gasteiger partial charge in [-0.05, 0) is 41.5 Å². The van der Waals surface area contributed by atoms with Gasteiger partial charge in [-0.25, -0.2) is 4.39 Å². The van der Waals surface area contributed by atoms with E-state index in [2.05, 4.69) is 0 Å². The lowest BCUT2D eigenvalue weighted by Crippen LogP contribution is -2.12. The number of ether oxygens (including phenoxy) is 1. The van der Waals surface area contributed by atoms with Gasteiger partial charge in [0.15, 0.2) is 11.6 Å². The number of halogens is 5. The lowest BCUT2D eigenvalue weighted by Gasteiger charge is -2.22. The number of benzene rings is 2. The Morgan fingerprint density at radius 2 is 1.73 bits per heavy atom. The molecule has 0 aromatic heterocycles. The second-order valence-corrected chi connectivity index (χ2v) is 7.00. The fourth-order valence-electron chi connectivity index (χ4n) is 3.18. The van der Waals surface area contributed by atoms with Crippen LogP contribution in [0.3, 0.4) is 0 Å². The van der Waals surface area contributed by atoms with Crippen LogP contribution in [0.5, 0.6) is 5.75 Å². The summed E-state index contributed by atoms with van der Waals surface area (Å²) in [4.78, 5) is 0. The molecule has 0 fully saturated rings. The second kappa shape index (κ2) is 7.87. The molecule has 0 saturated heterocycles. The third kappa shape index (κ3) is 4.14. The Labute approximate surface area is 155 Å². The van der Waals surface area contributed by atoms with E-state index in [-0.39, 0.29) is 28.2 Å². The van der Waals surface area contributed by atoms with Crippen LogP contribution in [0.25, 0.3) is 0 Å². The highest BCUT2D eigenvalue weighted by Gasteiger charge is 2.35. The summed E-state index contributed by atoms with van der Waals surface area (Å²) in [7, 11) is 1.39. The van der Waals surface area contributed by atoms with Crippen molar-refractivity contribution in [2.24, 2.45) is 0 Å². The standard InChI is InChI=1S/C20H21ClF4O/c1-11(2)17-15(20(23,24)25)9-8-13(18(17)21)10-12(3)14-6-5-7-16(22)19(14)26-4/h5-9,11-12H,10H2,1-4H3. The Hall–Kier alpha value is -1.75. The molecule has 142 valence electrons. The molecular weight excluding hydrogens is 368 g/mol. The fraction of sp³-hybridized carbons (Fsp3) is 0.400. The van der Waals surface area contributed by atoms with E-state index in [0.717, 1.165) is 6.07 Å². The van der Waals surface area contributed by atoms with Crippen LogP contribution in [0.2, 0.25) is 5.02 Å². The summed E-state index contributed by atoms with van der Waals surface area (Å²) >= 11 is 6.35. The first-order valence-electron chi connectivity index (χ1n) is 8.28. The Kier molecular flexibility index (Phi) is 6.22. The largest absolute Gasteiger partial charge is 0.493 e. The summed E-state index contributed by atoms with van der Waals surface area (Å²) in [5.41, 5.74) is 0.629. The SMILES string of the molecule is COc1c(F)cccc1C(C)Cc1ccc(C(F)(F)F)c(C(C)C)c1Cl. The van der Waals surface area contributed by atoms with Gasteiger partial charge in [0.25, 0.3) is 0 Å². The van der Waals surface area contributed by atoms with Gasteiger partial charge in [-0.1, -0.05) is 50.6 Å². The molecule has 0 spiro atoms. The number of hydrogen-bond donors (Lipinski definition) is 0. The van der Waals surface area contributed by atoms with Crippen LogP contribution in [0, 0.1) is 5.82 Å². The zero-order valence-electron chi connectivity index (χ0n) is 15.0. The van der Waals surface area contributed by atoms with E-state index >= 15 is 0 Å². The molecule has 0 aliphatic rings. The molecule has 0 bridgehead atoms. The van der Waals surface area contributed by atoms with Crippen molar-refractivity contribution in [2.45, 2.75) is 45.2 Å². The number of methoxy groups -OCH3 is 1. The molecule has 6 heteroatoms. The molecule has 0 radical (unpaired) electrons. The molecule has 2 rings (SSSR count). The molecule has 0 saturated carbocycles. The first-order valence-corrected chi connectivity index (χ1v) is 8.66. The number of hydrogen-bond acceptors (Lipinski definition) is 1. The van der Waals surface area contributed by atoms with Gasteiger partial charge in [0, 0.05) is 10.6 Å². The molecule has 2 aromatic carbocycles. The minimum absolute atomic E-state index is 0.0927. The van der Waals surface area contributed by atoms with E-state index in [1.807, 2.05) is 6.92 Å². The van der Waals surface area contributed by atoms with Crippen molar-refractivity contribution >= 4 is 11.6 Å². The van der Waals surface area contributed by atoms with Crippen LogP contribution >= 0.6 is 11.6 Å². The molecule has 0 heterocycles. The molecule has 2 aromatic rings.